The van der Waals surface area contributed by atoms with Crippen LogP contribution in [0, 0.1) is 11.8 Å². The Balaban J connectivity index is 1.07. The van der Waals surface area contributed by atoms with Gasteiger partial charge in [-0.05, 0) is 56.2 Å². The summed E-state index contributed by atoms with van der Waals surface area (Å²) in [5.41, 5.74) is 2.76. The molecule has 1 aliphatic carbocycles. The number of Topliss-reactive ketones (excluding diaryl/α,β-unsaturated/α-hetero) is 1. The molecule has 0 unspecified atom stereocenters. The average molecular weight is 494 g/mol. The molecule has 0 atom stereocenters. The molecule has 0 N–H and O–H groups in total. The topological polar surface area (TPSA) is 55.3 Å². The Morgan fingerprint density at radius 3 is 2.83 bits per heavy atom. The van der Waals surface area contributed by atoms with E-state index in [0.717, 1.165) is 67.0 Å². The number of fused-ring (bicyclic) bond motifs is 2. The van der Waals surface area contributed by atoms with Crippen LogP contribution in [0.25, 0.3) is 10.9 Å². The standard InChI is InChI=1S/C28H32FN3O2S/c1-19(17-29)34-28-31-25-18-32(15-12-27(25)35-28)14-11-20-7-9-21(10-8-20)16-26(33)23-4-2-6-24-22(23)5-3-13-30-24/h2-6,13,20-21H,1,7-12,14-18H2. The van der Waals surface area contributed by atoms with Crippen molar-refractivity contribution >= 4 is 28.0 Å². The predicted molar refractivity (Wildman–Crippen MR) is 138 cm³/mol. The average Bonchev–Trinajstić information content (AvgIpc) is 3.29. The fourth-order valence-electron chi connectivity index (χ4n) is 5.42. The third-order valence-electron chi connectivity index (χ3n) is 7.41. The van der Waals surface area contributed by atoms with Gasteiger partial charge in [0.25, 0.3) is 5.19 Å². The molecular weight excluding hydrogens is 461 g/mol. The number of alkyl halides is 1. The van der Waals surface area contributed by atoms with E-state index in [-0.39, 0.29) is 11.5 Å². The summed E-state index contributed by atoms with van der Waals surface area (Å²) >= 11 is 1.51. The highest BCUT2D eigenvalue weighted by molar-refractivity contribution is 7.13. The molecule has 2 aromatic heterocycles. The zero-order chi connectivity index (χ0) is 24.2. The third-order valence-corrected chi connectivity index (χ3v) is 8.44. The molecule has 3 aromatic rings. The number of thiazole rings is 1. The first-order valence-corrected chi connectivity index (χ1v) is 13.4. The number of carbonyl (C=O) groups is 1. The number of ketones is 1. The highest BCUT2D eigenvalue weighted by atomic mass is 32.1. The molecule has 0 amide bonds. The maximum absolute atomic E-state index is 13.0. The quantitative estimate of drug-likeness (QED) is 0.256. The Morgan fingerprint density at radius 2 is 2.00 bits per heavy atom. The highest BCUT2D eigenvalue weighted by Crippen LogP contribution is 2.35. The number of rotatable bonds is 9. The van der Waals surface area contributed by atoms with Crippen molar-refractivity contribution in [2.24, 2.45) is 11.8 Å². The molecule has 0 radical (unpaired) electrons. The van der Waals surface area contributed by atoms with Gasteiger partial charge in [0.15, 0.2) is 5.78 Å². The normalized spacial score (nSPS) is 20.5. The van der Waals surface area contributed by atoms with Crippen LogP contribution < -0.4 is 4.74 Å². The first-order chi connectivity index (χ1) is 17.1. The van der Waals surface area contributed by atoms with Crippen molar-refractivity contribution in [1.82, 2.24) is 14.9 Å². The van der Waals surface area contributed by atoms with E-state index in [1.807, 2.05) is 30.3 Å². The number of nitrogens with zero attached hydrogens (tertiary/aromatic N) is 3. The number of allylic oxidation sites excluding steroid dienone is 1. The Morgan fingerprint density at radius 1 is 1.17 bits per heavy atom. The zero-order valence-electron chi connectivity index (χ0n) is 20.0. The second-order valence-corrected chi connectivity index (χ2v) is 10.9. The predicted octanol–water partition coefficient (Wildman–Crippen LogP) is 6.38. The van der Waals surface area contributed by atoms with Crippen LogP contribution in [0.15, 0.2) is 48.9 Å². The molecule has 7 heteroatoms. The lowest BCUT2D eigenvalue weighted by atomic mass is 9.78. The van der Waals surface area contributed by atoms with E-state index in [9.17, 15) is 9.18 Å². The van der Waals surface area contributed by atoms with E-state index in [1.54, 1.807) is 6.20 Å². The minimum atomic E-state index is -0.687. The fourth-order valence-corrected chi connectivity index (χ4v) is 6.37. The van der Waals surface area contributed by atoms with Gasteiger partial charge in [0.1, 0.15) is 12.4 Å². The molecule has 0 bridgehead atoms. The summed E-state index contributed by atoms with van der Waals surface area (Å²) in [6, 6.07) is 9.74. The van der Waals surface area contributed by atoms with Gasteiger partial charge < -0.3 is 4.74 Å². The minimum absolute atomic E-state index is 0.111. The van der Waals surface area contributed by atoms with Crippen molar-refractivity contribution in [3.8, 4) is 5.19 Å². The molecule has 1 fully saturated rings. The lowest BCUT2D eigenvalue weighted by Gasteiger charge is -2.31. The van der Waals surface area contributed by atoms with E-state index >= 15 is 0 Å². The van der Waals surface area contributed by atoms with E-state index < -0.39 is 6.67 Å². The molecule has 1 saturated carbocycles. The smallest absolute Gasteiger partial charge is 0.278 e. The maximum atomic E-state index is 13.0. The summed E-state index contributed by atoms with van der Waals surface area (Å²) in [5.74, 6) is 1.57. The van der Waals surface area contributed by atoms with E-state index in [1.165, 1.54) is 35.5 Å². The lowest BCUT2D eigenvalue weighted by molar-refractivity contribution is 0.0941. The van der Waals surface area contributed by atoms with Gasteiger partial charge in [0, 0.05) is 41.5 Å². The summed E-state index contributed by atoms with van der Waals surface area (Å²) in [7, 11) is 0. The molecule has 35 heavy (non-hydrogen) atoms. The van der Waals surface area contributed by atoms with E-state index in [2.05, 4.69) is 21.4 Å². The van der Waals surface area contributed by atoms with Crippen LogP contribution >= 0.6 is 11.3 Å². The van der Waals surface area contributed by atoms with E-state index in [0.29, 0.717) is 17.5 Å². The first kappa shape index (κ1) is 24.1. The largest absolute Gasteiger partial charge is 0.433 e. The van der Waals surface area contributed by atoms with Crippen LogP contribution in [-0.4, -0.2) is 40.4 Å². The Kier molecular flexibility index (Phi) is 7.54. The van der Waals surface area contributed by atoms with Crippen LogP contribution in [0.5, 0.6) is 5.19 Å². The fraction of sp³-hybridized carbons (Fsp3) is 0.464. The number of hydrogen-bond donors (Lipinski definition) is 0. The summed E-state index contributed by atoms with van der Waals surface area (Å²) in [5, 5.41) is 1.47. The number of halogens is 1. The number of benzene rings is 1. The van der Waals surface area contributed by atoms with Crippen molar-refractivity contribution in [3.63, 3.8) is 0 Å². The number of carbonyl (C=O) groups excluding carboxylic acids is 1. The van der Waals surface area contributed by atoms with Crippen LogP contribution in [-0.2, 0) is 13.0 Å². The zero-order valence-corrected chi connectivity index (χ0v) is 20.9. The third kappa shape index (κ3) is 5.78. The Bertz CT molecular complexity index is 1200. The number of hydrogen-bond acceptors (Lipinski definition) is 6. The minimum Gasteiger partial charge on any atom is -0.433 e. The van der Waals surface area contributed by atoms with Gasteiger partial charge in [-0.2, -0.15) is 0 Å². The second-order valence-electron chi connectivity index (χ2n) is 9.83. The molecule has 0 saturated heterocycles. The summed E-state index contributed by atoms with van der Waals surface area (Å²) < 4.78 is 18.0. The van der Waals surface area contributed by atoms with Gasteiger partial charge in [0.05, 0.1) is 11.2 Å². The molecule has 0 spiro atoms. The van der Waals surface area contributed by atoms with Crippen molar-refractivity contribution in [2.75, 3.05) is 19.8 Å². The number of ether oxygens (including phenoxy) is 1. The molecule has 5 nitrogen and oxygen atoms in total. The van der Waals surface area contributed by atoms with Gasteiger partial charge in [0.2, 0.25) is 0 Å². The van der Waals surface area contributed by atoms with Crippen LogP contribution in [0.4, 0.5) is 4.39 Å². The van der Waals surface area contributed by atoms with Crippen LogP contribution in [0.3, 0.4) is 0 Å². The Hall–Kier alpha value is -2.64. The lowest BCUT2D eigenvalue weighted by Crippen LogP contribution is -2.32. The summed E-state index contributed by atoms with van der Waals surface area (Å²) in [6.45, 7) is 5.81. The molecule has 2 aliphatic rings. The van der Waals surface area contributed by atoms with Crippen molar-refractivity contribution in [3.05, 3.63) is 65.0 Å². The summed E-state index contributed by atoms with van der Waals surface area (Å²) in [4.78, 5) is 25.7. The SMILES string of the molecule is C=C(CF)Oc1nc2c(s1)CCN(CCC1CCC(CC(=O)c3cccc4ncccc34)CC1)C2. The van der Waals surface area contributed by atoms with Crippen LogP contribution in [0.2, 0.25) is 0 Å². The molecule has 1 aromatic carbocycles. The molecule has 1 aliphatic heterocycles. The van der Waals surface area contributed by atoms with Gasteiger partial charge >= 0.3 is 0 Å². The van der Waals surface area contributed by atoms with Crippen molar-refractivity contribution in [2.45, 2.75) is 51.5 Å². The molecule has 5 rings (SSSR count). The number of aromatic nitrogens is 2. The molecule has 184 valence electrons. The van der Waals surface area contributed by atoms with Crippen molar-refractivity contribution in [1.29, 1.82) is 0 Å². The van der Waals surface area contributed by atoms with Crippen molar-refractivity contribution < 1.29 is 13.9 Å². The number of pyridine rings is 1. The monoisotopic (exact) mass is 493 g/mol. The Labute approximate surface area is 210 Å². The van der Waals surface area contributed by atoms with Crippen LogP contribution in [0.1, 0.15) is 59.5 Å². The summed E-state index contributed by atoms with van der Waals surface area (Å²) in [6.07, 6.45) is 9.24. The van der Waals surface area contributed by atoms with E-state index in [4.69, 9.17) is 4.74 Å². The van der Waals surface area contributed by atoms with Gasteiger partial charge in [-0.1, -0.05) is 49.0 Å². The molecule has 3 heterocycles. The maximum Gasteiger partial charge on any atom is 0.278 e. The first-order valence-electron chi connectivity index (χ1n) is 12.6. The van der Waals surface area contributed by atoms with Gasteiger partial charge in [-0.15, -0.1) is 0 Å². The van der Waals surface area contributed by atoms with Gasteiger partial charge in [-0.25, -0.2) is 9.37 Å². The molecular formula is C28H32FN3O2S. The second kappa shape index (κ2) is 11.0. The highest BCUT2D eigenvalue weighted by Gasteiger charge is 2.26. The van der Waals surface area contributed by atoms with Gasteiger partial charge in [-0.3, -0.25) is 14.7 Å².